The van der Waals surface area contributed by atoms with Crippen molar-refractivity contribution >= 4 is 28.3 Å². The highest BCUT2D eigenvalue weighted by molar-refractivity contribution is 7.89. The Morgan fingerprint density at radius 1 is 1.23 bits per heavy atom. The second-order valence-corrected chi connectivity index (χ2v) is 7.88. The predicted molar refractivity (Wildman–Crippen MR) is 102 cm³/mol. The minimum Gasteiger partial charge on any atom is -0.356 e. The molecule has 1 unspecified atom stereocenters. The van der Waals surface area contributed by atoms with Crippen molar-refractivity contribution in [1.82, 2.24) is 14.6 Å². The van der Waals surface area contributed by atoms with Gasteiger partial charge in [-0.05, 0) is 24.5 Å². The molecular weight excluding hydrogens is 376 g/mol. The summed E-state index contributed by atoms with van der Waals surface area (Å²) in [6.45, 7) is 1.50. The van der Waals surface area contributed by atoms with Crippen LogP contribution in [0.15, 0.2) is 47.5 Å². The van der Waals surface area contributed by atoms with E-state index >= 15 is 0 Å². The number of aromatic amines is 1. The molecule has 1 saturated heterocycles. The normalized spacial score (nSPS) is 15.5. The molecule has 4 N–H and O–H groups in total. The number of halogens is 1. The first-order valence-corrected chi connectivity index (χ1v) is 9.73. The summed E-state index contributed by atoms with van der Waals surface area (Å²) in [5, 5.41) is 0. The van der Waals surface area contributed by atoms with Crippen molar-refractivity contribution in [2.45, 2.75) is 23.8 Å². The van der Waals surface area contributed by atoms with Crippen molar-refractivity contribution in [3.8, 4) is 0 Å². The zero-order valence-corrected chi connectivity index (χ0v) is 15.9. The molecule has 0 aliphatic carbocycles. The lowest BCUT2D eigenvalue weighted by molar-refractivity contribution is 0.0787. The molecule has 26 heavy (non-hydrogen) atoms. The number of carbonyl (C=O) groups is 1. The number of carbonyl (C=O) groups excluding carboxylic acids is 1. The number of sulfonamides is 1. The first-order valence-electron chi connectivity index (χ1n) is 8.25. The predicted octanol–water partition coefficient (Wildman–Crippen LogP) is 1.65. The van der Waals surface area contributed by atoms with Gasteiger partial charge in [-0.25, -0.2) is 13.1 Å². The molecule has 3 rings (SSSR count). The Balaban J connectivity index is 0.00000243. The van der Waals surface area contributed by atoms with Crippen molar-refractivity contribution in [3.63, 3.8) is 0 Å². The van der Waals surface area contributed by atoms with Gasteiger partial charge >= 0.3 is 0 Å². The first kappa shape index (κ1) is 20.4. The van der Waals surface area contributed by atoms with Crippen LogP contribution in [0.1, 0.15) is 34.9 Å². The number of H-pyrrole nitrogens is 1. The van der Waals surface area contributed by atoms with Gasteiger partial charge in [0.25, 0.3) is 5.91 Å². The van der Waals surface area contributed by atoms with Gasteiger partial charge < -0.3 is 15.6 Å². The number of benzene rings is 1. The fourth-order valence-electron chi connectivity index (χ4n) is 2.84. The standard InChI is InChI=1S/C17H22N4O3S.ClH/c18-15(13-6-2-1-3-7-13)12-20-25(23,24)14-10-16(19-11-14)17(22)21-8-4-5-9-21;/h1-3,6-7,10-11,15,19-20H,4-5,8-9,12,18H2;1H. The smallest absolute Gasteiger partial charge is 0.270 e. The summed E-state index contributed by atoms with van der Waals surface area (Å²) >= 11 is 0. The van der Waals surface area contributed by atoms with Crippen LogP contribution in [0.5, 0.6) is 0 Å². The molecule has 1 atom stereocenters. The third kappa shape index (κ3) is 4.64. The van der Waals surface area contributed by atoms with Crippen LogP contribution in [0.4, 0.5) is 0 Å². The van der Waals surface area contributed by atoms with Gasteiger partial charge in [-0.2, -0.15) is 0 Å². The van der Waals surface area contributed by atoms with Crippen molar-refractivity contribution < 1.29 is 13.2 Å². The summed E-state index contributed by atoms with van der Waals surface area (Å²) in [4.78, 5) is 16.8. The van der Waals surface area contributed by atoms with Crippen LogP contribution in [0.25, 0.3) is 0 Å². The van der Waals surface area contributed by atoms with Gasteiger partial charge in [0, 0.05) is 31.9 Å². The van der Waals surface area contributed by atoms with Gasteiger partial charge in [0.2, 0.25) is 10.0 Å². The molecule has 1 aromatic heterocycles. The Kier molecular flexibility index (Phi) is 6.82. The van der Waals surface area contributed by atoms with E-state index in [0.29, 0.717) is 13.1 Å². The molecule has 0 spiro atoms. The average molecular weight is 399 g/mol. The fourth-order valence-corrected chi connectivity index (χ4v) is 3.90. The van der Waals surface area contributed by atoms with Gasteiger partial charge in [0.05, 0.1) is 0 Å². The summed E-state index contributed by atoms with van der Waals surface area (Å²) in [6.07, 6.45) is 3.30. The first-order chi connectivity index (χ1) is 12.0. The van der Waals surface area contributed by atoms with Crippen LogP contribution in [0, 0.1) is 0 Å². The molecule has 0 bridgehead atoms. The third-order valence-electron chi connectivity index (χ3n) is 4.31. The lowest BCUT2D eigenvalue weighted by Gasteiger charge is -2.13. The van der Waals surface area contributed by atoms with Crippen molar-refractivity contribution in [2.75, 3.05) is 19.6 Å². The summed E-state index contributed by atoms with van der Waals surface area (Å²) in [6, 6.07) is 10.2. The van der Waals surface area contributed by atoms with Crippen LogP contribution >= 0.6 is 12.4 Å². The van der Waals surface area contributed by atoms with Crippen molar-refractivity contribution in [1.29, 1.82) is 0 Å². The number of rotatable bonds is 6. The van der Waals surface area contributed by atoms with Crippen LogP contribution in [0.3, 0.4) is 0 Å². The summed E-state index contributed by atoms with van der Waals surface area (Å²) < 4.78 is 27.3. The van der Waals surface area contributed by atoms with E-state index in [1.165, 1.54) is 12.3 Å². The van der Waals surface area contributed by atoms with E-state index in [9.17, 15) is 13.2 Å². The minimum atomic E-state index is -3.73. The lowest BCUT2D eigenvalue weighted by atomic mass is 10.1. The molecule has 2 heterocycles. The molecule has 142 valence electrons. The molecule has 1 fully saturated rings. The number of hydrogen-bond acceptors (Lipinski definition) is 4. The van der Waals surface area contributed by atoms with Gasteiger partial charge in [-0.3, -0.25) is 4.79 Å². The van der Waals surface area contributed by atoms with Crippen LogP contribution in [-0.4, -0.2) is 43.8 Å². The SMILES string of the molecule is Cl.NC(CNS(=O)(=O)c1c[nH]c(C(=O)N2CCCC2)c1)c1ccccc1. The highest BCUT2D eigenvalue weighted by Crippen LogP contribution is 2.16. The van der Waals surface area contributed by atoms with E-state index in [1.807, 2.05) is 30.3 Å². The van der Waals surface area contributed by atoms with Crippen molar-refractivity contribution in [3.05, 3.63) is 53.9 Å². The zero-order valence-electron chi connectivity index (χ0n) is 14.2. The van der Waals surface area contributed by atoms with Gasteiger partial charge in [-0.1, -0.05) is 30.3 Å². The second-order valence-electron chi connectivity index (χ2n) is 6.12. The maximum atomic E-state index is 12.4. The second kappa shape index (κ2) is 8.68. The van der Waals surface area contributed by atoms with Crippen LogP contribution < -0.4 is 10.5 Å². The summed E-state index contributed by atoms with van der Waals surface area (Å²) in [5.41, 5.74) is 7.16. The molecule has 9 heteroatoms. The number of amides is 1. The quantitative estimate of drug-likeness (QED) is 0.687. The number of nitrogens with two attached hydrogens (primary N) is 1. The van der Waals surface area contributed by atoms with E-state index in [0.717, 1.165) is 18.4 Å². The zero-order chi connectivity index (χ0) is 17.9. The van der Waals surface area contributed by atoms with E-state index in [4.69, 9.17) is 5.73 Å². The summed E-state index contributed by atoms with van der Waals surface area (Å²) in [7, 11) is -3.73. The number of nitrogens with zero attached hydrogens (tertiary/aromatic N) is 1. The molecule has 0 radical (unpaired) electrons. The molecule has 2 aromatic rings. The van der Waals surface area contributed by atoms with E-state index in [2.05, 4.69) is 9.71 Å². The lowest BCUT2D eigenvalue weighted by Crippen LogP contribution is -2.31. The monoisotopic (exact) mass is 398 g/mol. The molecule has 7 nitrogen and oxygen atoms in total. The Morgan fingerprint density at radius 3 is 2.54 bits per heavy atom. The third-order valence-corrected chi connectivity index (χ3v) is 5.71. The van der Waals surface area contributed by atoms with Crippen molar-refractivity contribution in [2.24, 2.45) is 5.73 Å². The highest BCUT2D eigenvalue weighted by atomic mass is 35.5. The maximum absolute atomic E-state index is 12.4. The summed E-state index contributed by atoms with van der Waals surface area (Å²) in [5.74, 6) is -0.167. The molecule has 0 saturated carbocycles. The maximum Gasteiger partial charge on any atom is 0.270 e. The number of aromatic nitrogens is 1. The Hall–Kier alpha value is -1.87. The number of nitrogens with one attached hydrogen (secondary N) is 2. The van der Waals surface area contributed by atoms with Crippen LogP contribution in [-0.2, 0) is 10.0 Å². The Morgan fingerprint density at radius 2 is 1.88 bits per heavy atom. The van der Waals surface area contributed by atoms with Gasteiger partial charge in [-0.15, -0.1) is 12.4 Å². The average Bonchev–Trinajstić information content (AvgIpc) is 3.31. The molecule has 1 aromatic carbocycles. The van der Waals surface area contributed by atoms with E-state index in [-0.39, 0.29) is 35.4 Å². The molecule has 1 aliphatic heterocycles. The fraction of sp³-hybridized carbons (Fsp3) is 0.353. The number of hydrogen-bond donors (Lipinski definition) is 3. The Labute approximate surface area is 159 Å². The minimum absolute atomic E-state index is 0. The van der Waals surface area contributed by atoms with Crippen LogP contribution in [0.2, 0.25) is 0 Å². The Bertz CT molecular complexity index is 833. The molecular formula is C17H23ClN4O3S. The topological polar surface area (TPSA) is 108 Å². The van der Waals surface area contributed by atoms with Gasteiger partial charge in [0.1, 0.15) is 10.6 Å². The van der Waals surface area contributed by atoms with E-state index in [1.54, 1.807) is 4.90 Å². The molecule has 1 aliphatic rings. The highest BCUT2D eigenvalue weighted by Gasteiger charge is 2.24. The molecule has 1 amide bonds. The van der Waals surface area contributed by atoms with Gasteiger partial charge in [0.15, 0.2) is 0 Å². The van der Waals surface area contributed by atoms with E-state index < -0.39 is 16.1 Å². The number of likely N-dealkylation sites (tertiary alicyclic amines) is 1. The largest absolute Gasteiger partial charge is 0.356 e.